The number of nitrogens with one attached hydrogen (secondary N) is 1. The molecule has 25 heavy (non-hydrogen) atoms. The van der Waals surface area contributed by atoms with Crippen molar-refractivity contribution in [1.82, 2.24) is 5.32 Å². The van der Waals surface area contributed by atoms with E-state index in [1.165, 1.54) is 38.1 Å². The number of aliphatic imine (C=N–C) groups is 1. The van der Waals surface area contributed by atoms with Crippen molar-refractivity contribution in [2.45, 2.75) is 43.4 Å². The van der Waals surface area contributed by atoms with Crippen LogP contribution < -0.4 is 5.32 Å². The molecule has 5 nitrogen and oxygen atoms in total. The predicted octanol–water partition coefficient (Wildman–Crippen LogP) is 3.10. The van der Waals surface area contributed by atoms with Crippen molar-refractivity contribution < 1.29 is 14.3 Å². The molecule has 3 aliphatic rings. The molecule has 1 aliphatic heterocycles. The Kier molecular flexibility index (Phi) is 4.10. The third-order valence-corrected chi connectivity index (χ3v) is 7.03. The van der Waals surface area contributed by atoms with Gasteiger partial charge in [0, 0.05) is 0 Å². The van der Waals surface area contributed by atoms with Gasteiger partial charge in [0.15, 0.2) is 5.17 Å². The standard InChI is InChI=1S/C19H22N2O3S/c1-19(14-7-5-12(6-8-14)16(22)24-2)17(23)21-18(25-19)20-15-10-11-3-4-13(15)9-11/h5-8,11,13,15H,3-4,9-10H2,1-2H3,(H,20,21,23). The van der Waals surface area contributed by atoms with Gasteiger partial charge in [0.25, 0.3) is 0 Å². The number of hydrogen-bond donors (Lipinski definition) is 1. The number of hydrogen-bond acceptors (Lipinski definition) is 5. The normalized spacial score (nSPS) is 35.2. The van der Waals surface area contributed by atoms with E-state index in [1.54, 1.807) is 12.1 Å². The third kappa shape index (κ3) is 2.86. The van der Waals surface area contributed by atoms with Crippen molar-refractivity contribution >= 4 is 28.8 Å². The Morgan fingerprint density at radius 1 is 1.28 bits per heavy atom. The lowest BCUT2D eigenvalue weighted by atomic mass is 9.96. The Morgan fingerprint density at radius 3 is 2.64 bits per heavy atom. The Labute approximate surface area is 151 Å². The van der Waals surface area contributed by atoms with Crippen LogP contribution in [0.3, 0.4) is 0 Å². The number of ether oxygens (including phenoxy) is 1. The predicted molar refractivity (Wildman–Crippen MR) is 97.5 cm³/mol. The number of fused-ring (bicyclic) bond motifs is 2. The van der Waals surface area contributed by atoms with Crippen LogP contribution in [0, 0.1) is 11.8 Å². The van der Waals surface area contributed by atoms with E-state index in [0.717, 1.165) is 23.1 Å². The number of amidine groups is 1. The monoisotopic (exact) mass is 358 g/mol. The topological polar surface area (TPSA) is 67.8 Å². The van der Waals surface area contributed by atoms with Crippen molar-refractivity contribution in [3.8, 4) is 0 Å². The van der Waals surface area contributed by atoms with Crippen molar-refractivity contribution in [1.29, 1.82) is 0 Å². The number of amides is 1. The largest absolute Gasteiger partial charge is 0.465 e. The minimum Gasteiger partial charge on any atom is -0.465 e. The highest BCUT2D eigenvalue weighted by molar-refractivity contribution is 8.15. The van der Waals surface area contributed by atoms with Gasteiger partial charge in [-0.15, -0.1) is 0 Å². The zero-order valence-electron chi connectivity index (χ0n) is 14.5. The van der Waals surface area contributed by atoms with E-state index in [-0.39, 0.29) is 11.9 Å². The minimum absolute atomic E-state index is 0.0507. The average Bonchev–Trinajstić information content (AvgIpc) is 3.30. The molecule has 6 heteroatoms. The molecule has 1 aromatic carbocycles. The lowest BCUT2D eigenvalue weighted by molar-refractivity contribution is -0.121. The van der Waals surface area contributed by atoms with Crippen molar-refractivity contribution in [2.24, 2.45) is 16.8 Å². The highest BCUT2D eigenvalue weighted by atomic mass is 32.2. The van der Waals surface area contributed by atoms with E-state index in [2.05, 4.69) is 5.32 Å². The zero-order chi connectivity index (χ0) is 17.6. The summed E-state index contributed by atoms with van der Waals surface area (Å²) >= 11 is 1.48. The van der Waals surface area contributed by atoms with E-state index < -0.39 is 4.75 Å². The van der Waals surface area contributed by atoms with Gasteiger partial charge >= 0.3 is 5.97 Å². The molecule has 4 atom stereocenters. The van der Waals surface area contributed by atoms with Gasteiger partial charge in [0.2, 0.25) is 5.91 Å². The van der Waals surface area contributed by atoms with Crippen LogP contribution in [-0.2, 0) is 14.3 Å². The number of benzene rings is 1. The van der Waals surface area contributed by atoms with Crippen molar-refractivity contribution in [2.75, 3.05) is 7.11 Å². The van der Waals surface area contributed by atoms with Gasteiger partial charge in [-0.2, -0.15) is 0 Å². The van der Waals surface area contributed by atoms with Gasteiger partial charge in [0.05, 0.1) is 18.7 Å². The fraction of sp³-hybridized carbons (Fsp3) is 0.526. The lowest BCUT2D eigenvalue weighted by Gasteiger charge is -2.20. The van der Waals surface area contributed by atoms with Crippen molar-refractivity contribution in [3.05, 3.63) is 35.4 Å². The van der Waals surface area contributed by atoms with Crippen LogP contribution in [0.25, 0.3) is 0 Å². The Bertz CT molecular complexity index is 746. The minimum atomic E-state index is -0.717. The van der Waals surface area contributed by atoms with Gasteiger partial charge < -0.3 is 10.1 Å². The number of methoxy groups -OCH3 is 1. The fourth-order valence-electron chi connectivity index (χ4n) is 4.29. The molecule has 0 spiro atoms. The van der Waals surface area contributed by atoms with Crippen molar-refractivity contribution in [3.63, 3.8) is 0 Å². The smallest absolute Gasteiger partial charge is 0.337 e. The first-order chi connectivity index (χ1) is 12.0. The molecular weight excluding hydrogens is 336 g/mol. The third-order valence-electron chi connectivity index (χ3n) is 5.80. The second-order valence-electron chi connectivity index (χ2n) is 7.33. The summed E-state index contributed by atoms with van der Waals surface area (Å²) in [6.07, 6.45) is 5.08. The Balaban J connectivity index is 1.53. The molecule has 2 saturated carbocycles. The molecule has 4 rings (SSSR count). The van der Waals surface area contributed by atoms with Gasteiger partial charge in [-0.3, -0.25) is 9.79 Å². The summed E-state index contributed by atoms with van der Waals surface area (Å²) in [6.45, 7) is 1.91. The molecular formula is C19H22N2O3S. The Morgan fingerprint density at radius 2 is 2.04 bits per heavy atom. The molecule has 1 amide bonds. The molecule has 2 bridgehead atoms. The number of esters is 1. The highest BCUT2D eigenvalue weighted by Gasteiger charge is 2.46. The maximum Gasteiger partial charge on any atom is 0.337 e. The van der Waals surface area contributed by atoms with E-state index in [4.69, 9.17) is 9.73 Å². The SMILES string of the molecule is COC(=O)c1ccc(C2(C)SC(=NC3CC4CCC3C4)NC2=O)cc1. The second-order valence-corrected chi connectivity index (χ2v) is 8.74. The first-order valence-electron chi connectivity index (χ1n) is 8.76. The molecule has 2 aliphatic carbocycles. The number of carbonyl (C=O) groups is 2. The van der Waals surface area contributed by atoms with Crippen LogP contribution in [0.5, 0.6) is 0 Å². The summed E-state index contributed by atoms with van der Waals surface area (Å²) in [6, 6.07) is 7.40. The van der Waals surface area contributed by atoms with E-state index in [1.807, 2.05) is 19.1 Å². The van der Waals surface area contributed by atoms with E-state index in [0.29, 0.717) is 17.5 Å². The molecule has 1 aromatic rings. The number of nitrogens with zero attached hydrogens (tertiary/aromatic N) is 1. The van der Waals surface area contributed by atoms with Gasteiger partial charge in [-0.1, -0.05) is 30.3 Å². The molecule has 3 fully saturated rings. The molecule has 0 radical (unpaired) electrons. The second kappa shape index (κ2) is 6.16. The first kappa shape index (κ1) is 16.6. The summed E-state index contributed by atoms with van der Waals surface area (Å²) < 4.78 is 4.00. The number of rotatable bonds is 3. The summed E-state index contributed by atoms with van der Waals surface area (Å²) in [4.78, 5) is 29.0. The number of thioether (sulfide) groups is 1. The molecule has 4 unspecified atom stereocenters. The lowest BCUT2D eigenvalue weighted by Crippen LogP contribution is -2.32. The Hall–Kier alpha value is -1.82. The van der Waals surface area contributed by atoms with Gasteiger partial charge in [-0.25, -0.2) is 4.79 Å². The summed E-state index contributed by atoms with van der Waals surface area (Å²) in [5.41, 5.74) is 1.34. The quantitative estimate of drug-likeness (QED) is 0.843. The molecule has 1 saturated heterocycles. The van der Waals surface area contributed by atoms with Crippen LogP contribution in [0.1, 0.15) is 48.5 Å². The average molecular weight is 358 g/mol. The van der Waals surface area contributed by atoms with Crippen LogP contribution >= 0.6 is 11.8 Å². The molecule has 1 heterocycles. The van der Waals surface area contributed by atoms with E-state index >= 15 is 0 Å². The summed E-state index contributed by atoms with van der Waals surface area (Å²) in [7, 11) is 1.36. The van der Waals surface area contributed by atoms with Gasteiger partial charge in [0.1, 0.15) is 4.75 Å². The first-order valence-corrected chi connectivity index (χ1v) is 9.58. The van der Waals surface area contributed by atoms with Crippen LogP contribution in [0.2, 0.25) is 0 Å². The summed E-state index contributed by atoms with van der Waals surface area (Å²) in [5, 5.41) is 3.70. The summed E-state index contributed by atoms with van der Waals surface area (Å²) in [5.74, 6) is 1.10. The number of carbonyl (C=O) groups excluding carboxylic acids is 2. The molecule has 0 aromatic heterocycles. The highest BCUT2D eigenvalue weighted by Crippen LogP contribution is 2.47. The van der Waals surface area contributed by atoms with Crippen LogP contribution in [-0.4, -0.2) is 30.2 Å². The van der Waals surface area contributed by atoms with Crippen LogP contribution in [0.15, 0.2) is 29.3 Å². The maximum absolute atomic E-state index is 12.6. The molecule has 1 N–H and O–H groups in total. The van der Waals surface area contributed by atoms with Gasteiger partial charge in [-0.05, 0) is 55.7 Å². The fourth-order valence-corrected chi connectivity index (χ4v) is 5.41. The van der Waals surface area contributed by atoms with Crippen LogP contribution in [0.4, 0.5) is 0 Å². The molecule has 132 valence electrons. The maximum atomic E-state index is 12.6. The zero-order valence-corrected chi connectivity index (χ0v) is 15.3. The van der Waals surface area contributed by atoms with E-state index in [9.17, 15) is 9.59 Å².